The minimum atomic E-state index is -0.0305. The molecule has 1 aliphatic rings. The maximum atomic E-state index is 12.1. The van der Waals surface area contributed by atoms with Gasteiger partial charge in [0.15, 0.2) is 5.96 Å². The van der Waals surface area contributed by atoms with E-state index in [1.165, 1.54) is 11.3 Å². The lowest BCUT2D eigenvalue weighted by Gasteiger charge is -2.24. The molecule has 7 nitrogen and oxygen atoms in total. The number of anilines is 1. The Bertz CT molecular complexity index is 907. The number of carbonyl (C=O) groups is 1. The molecular weight excluding hydrogens is 529 g/mol. The molecule has 1 heterocycles. The first-order chi connectivity index (χ1) is 15.5. The second-order valence-electron chi connectivity index (χ2n) is 8.38. The first-order valence-electron chi connectivity index (χ1n) is 11.2. The van der Waals surface area contributed by atoms with Crippen LogP contribution in [0.2, 0.25) is 0 Å². The fourth-order valence-corrected chi connectivity index (χ4v) is 3.69. The van der Waals surface area contributed by atoms with E-state index in [1.54, 1.807) is 19.0 Å². The molecule has 0 aliphatic carbocycles. The summed E-state index contributed by atoms with van der Waals surface area (Å²) < 4.78 is 5.84. The molecule has 8 heteroatoms. The standard InChI is InChI=1S/C25H35N5O2.HI/c1-19(22-18-32-23-14-9-8-13-21(22)23)28-25(27-17-24(31)29(2)3)26-15-10-16-30(4)20-11-6-5-7-12-20;/h5-9,11-14,19,22H,10,15-18H2,1-4H3,(H2,26,27,28);1H. The highest BCUT2D eigenvalue weighted by Gasteiger charge is 2.29. The molecule has 2 aromatic rings. The van der Waals surface area contributed by atoms with Crippen LogP contribution in [0.4, 0.5) is 5.69 Å². The minimum Gasteiger partial charge on any atom is -0.493 e. The lowest BCUT2D eigenvalue weighted by molar-refractivity contribution is -0.127. The van der Waals surface area contributed by atoms with Gasteiger partial charge in [0.05, 0.1) is 6.61 Å². The summed E-state index contributed by atoms with van der Waals surface area (Å²) in [5.41, 5.74) is 2.41. The molecule has 33 heavy (non-hydrogen) atoms. The summed E-state index contributed by atoms with van der Waals surface area (Å²) >= 11 is 0. The van der Waals surface area contributed by atoms with E-state index < -0.39 is 0 Å². The molecule has 0 aromatic heterocycles. The zero-order chi connectivity index (χ0) is 22.9. The monoisotopic (exact) mass is 565 g/mol. The second-order valence-corrected chi connectivity index (χ2v) is 8.38. The van der Waals surface area contributed by atoms with Crippen molar-refractivity contribution in [2.45, 2.75) is 25.3 Å². The number of aliphatic imine (C=N–C) groups is 1. The fourth-order valence-electron chi connectivity index (χ4n) is 3.69. The number of hydrogen-bond acceptors (Lipinski definition) is 4. The van der Waals surface area contributed by atoms with Gasteiger partial charge in [0.1, 0.15) is 12.3 Å². The third-order valence-corrected chi connectivity index (χ3v) is 5.74. The number of nitrogens with zero attached hydrogens (tertiary/aromatic N) is 3. The Balaban J connectivity index is 0.00000385. The van der Waals surface area contributed by atoms with Crippen LogP contribution >= 0.6 is 24.0 Å². The summed E-state index contributed by atoms with van der Waals surface area (Å²) in [5, 5.41) is 6.89. The Morgan fingerprint density at radius 3 is 2.55 bits per heavy atom. The molecule has 0 bridgehead atoms. The molecule has 1 amide bonds. The highest BCUT2D eigenvalue weighted by Crippen LogP contribution is 2.35. The molecule has 0 radical (unpaired) electrons. The van der Waals surface area contributed by atoms with E-state index in [2.05, 4.69) is 52.7 Å². The summed E-state index contributed by atoms with van der Waals surface area (Å²) in [5.74, 6) is 1.80. The average Bonchev–Trinajstić information content (AvgIpc) is 3.24. The largest absolute Gasteiger partial charge is 0.493 e. The number of carbonyl (C=O) groups excluding carboxylic acids is 1. The number of ether oxygens (including phenoxy) is 1. The fraction of sp³-hybridized carbons (Fsp3) is 0.440. The predicted octanol–water partition coefficient (Wildman–Crippen LogP) is 3.32. The van der Waals surface area contributed by atoms with Crippen molar-refractivity contribution in [3.8, 4) is 5.75 Å². The number of rotatable bonds is 9. The Kier molecular flexibility index (Phi) is 10.8. The van der Waals surface area contributed by atoms with Crippen molar-refractivity contribution in [3.05, 3.63) is 60.2 Å². The Hall–Kier alpha value is -2.49. The average molecular weight is 566 g/mol. The molecule has 1 aliphatic heterocycles. The van der Waals surface area contributed by atoms with Gasteiger partial charge in [-0.3, -0.25) is 4.79 Å². The van der Waals surface area contributed by atoms with Crippen LogP contribution in [-0.2, 0) is 4.79 Å². The Morgan fingerprint density at radius 1 is 1.12 bits per heavy atom. The molecule has 180 valence electrons. The van der Waals surface area contributed by atoms with Crippen LogP contribution < -0.4 is 20.3 Å². The van der Waals surface area contributed by atoms with Crippen LogP contribution in [0.25, 0.3) is 0 Å². The topological polar surface area (TPSA) is 69.2 Å². The lowest BCUT2D eigenvalue weighted by atomic mass is 9.94. The van der Waals surface area contributed by atoms with Gasteiger partial charge in [-0.2, -0.15) is 0 Å². The van der Waals surface area contributed by atoms with E-state index in [0.717, 1.165) is 25.3 Å². The molecule has 0 fully saturated rings. The summed E-state index contributed by atoms with van der Waals surface area (Å²) in [7, 11) is 5.58. The van der Waals surface area contributed by atoms with Crippen molar-refractivity contribution in [2.75, 3.05) is 52.3 Å². The summed E-state index contributed by atoms with van der Waals surface area (Å²) in [6, 6.07) is 18.6. The SMILES string of the molecule is CC(NC(=NCC(=O)N(C)C)NCCCN(C)c1ccccc1)C1COc2ccccc21.I. The van der Waals surface area contributed by atoms with Gasteiger partial charge < -0.3 is 25.2 Å². The van der Waals surface area contributed by atoms with E-state index in [9.17, 15) is 4.79 Å². The molecule has 2 unspecified atom stereocenters. The minimum absolute atomic E-state index is 0. The maximum absolute atomic E-state index is 12.1. The molecule has 2 N–H and O–H groups in total. The van der Waals surface area contributed by atoms with Gasteiger partial charge in [0, 0.05) is 57.4 Å². The number of likely N-dealkylation sites (N-methyl/N-ethyl adjacent to an activating group) is 1. The first-order valence-corrected chi connectivity index (χ1v) is 11.2. The Morgan fingerprint density at radius 2 is 1.82 bits per heavy atom. The highest BCUT2D eigenvalue weighted by atomic mass is 127. The molecule has 0 saturated heterocycles. The van der Waals surface area contributed by atoms with Gasteiger partial charge in [0.2, 0.25) is 5.91 Å². The molecule has 0 saturated carbocycles. The number of amides is 1. The zero-order valence-corrected chi connectivity index (χ0v) is 22.3. The number of para-hydroxylation sites is 2. The van der Waals surface area contributed by atoms with Crippen molar-refractivity contribution in [2.24, 2.45) is 4.99 Å². The molecule has 3 rings (SSSR count). The normalized spacial score (nSPS) is 15.5. The first kappa shape index (κ1) is 26.8. The summed E-state index contributed by atoms with van der Waals surface area (Å²) in [6.45, 7) is 4.55. The van der Waals surface area contributed by atoms with Crippen LogP contribution in [0.15, 0.2) is 59.6 Å². The van der Waals surface area contributed by atoms with E-state index in [0.29, 0.717) is 12.6 Å². The number of fused-ring (bicyclic) bond motifs is 1. The third kappa shape index (κ3) is 7.80. The van der Waals surface area contributed by atoms with Gasteiger partial charge in [0.25, 0.3) is 0 Å². The smallest absolute Gasteiger partial charge is 0.243 e. The van der Waals surface area contributed by atoms with Gasteiger partial charge in [-0.05, 0) is 31.5 Å². The number of halogens is 1. The van der Waals surface area contributed by atoms with E-state index >= 15 is 0 Å². The lowest BCUT2D eigenvalue weighted by Crippen LogP contribution is -2.46. The van der Waals surface area contributed by atoms with Crippen molar-refractivity contribution >= 4 is 41.5 Å². The highest BCUT2D eigenvalue weighted by molar-refractivity contribution is 14.0. The summed E-state index contributed by atoms with van der Waals surface area (Å²) in [4.78, 5) is 20.4. The number of nitrogens with one attached hydrogen (secondary N) is 2. The molecule has 2 atom stereocenters. The number of benzene rings is 2. The molecular formula is C25H36IN5O2. The van der Waals surface area contributed by atoms with Gasteiger partial charge in [-0.15, -0.1) is 24.0 Å². The van der Waals surface area contributed by atoms with Crippen LogP contribution in [0.3, 0.4) is 0 Å². The van der Waals surface area contributed by atoms with Gasteiger partial charge >= 0.3 is 0 Å². The third-order valence-electron chi connectivity index (χ3n) is 5.74. The Labute approximate surface area is 214 Å². The predicted molar refractivity (Wildman–Crippen MR) is 146 cm³/mol. The van der Waals surface area contributed by atoms with E-state index in [1.807, 2.05) is 36.4 Å². The van der Waals surface area contributed by atoms with Crippen LogP contribution in [0, 0.1) is 0 Å². The van der Waals surface area contributed by atoms with E-state index in [4.69, 9.17) is 4.74 Å². The summed E-state index contributed by atoms with van der Waals surface area (Å²) in [6.07, 6.45) is 0.942. The van der Waals surface area contributed by atoms with Crippen molar-refractivity contribution < 1.29 is 9.53 Å². The van der Waals surface area contributed by atoms with Gasteiger partial charge in [-0.25, -0.2) is 4.99 Å². The van der Waals surface area contributed by atoms with Crippen LogP contribution in [0.1, 0.15) is 24.8 Å². The number of hydrogen-bond donors (Lipinski definition) is 2. The van der Waals surface area contributed by atoms with Crippen molar-refractivity contribution in [3.63, 3.8) is 0 Å². The van der Waals surface area contributed by atoms with Gasteiger partial charge in [-0.1, -0.05) is 36.4 Å². The van der Waals surface area contributed by atoms with Crippen molar-refractivity contribution in [1.82, 2.24) is 15.5 Å². The maximum Gasteiger partial charge on any atom is 0.243 e. The number of guanidine groups is 1. The molecule has 2 aromatic carbocycles. The van der Waals surface area contributed by atoms with Crippen LogP contribution in [-0.4, -0.2) is 70.2 Å². The second kappa shape index (κ2) is 13.3. The van der Waals surface area contributed by atoms with Crippen molar-refractivity contribution in [1.29, 1.82) is 0 Å². The molecule has 0 spiro atoms. The van der Waals surface area contributed by atoms with Crippen LogP contribution in [0.5, 0.6) is 5.75 Å². The zero-order valence-electron chi connectivity index (χ0n) is 20.0. The quantitative estimate of drug-likeness (QED) is 0.212. The van der Waals surface area contributed by atoms with E-state index in [-0.39, 0.29) is 48.4 Å².